The van der Waals surface area contributed by atoms with E-state index in [-0.39, 0.29) is 11.6 Å². The number of hydrogen-bond acceptors (Lipinski definition) is 5. The molecular weight excluding hydrogens is 310 g/mol. The van der Waals surface area contributed by atoms with Crippen molar-refractivity contribution in [1.82, 2.24) is 5.43 Å². The molecule has 2 aromatic rings. The summed E-state index contributed by atoms with van der Waals surface area (Å²) >= 11 is 0. The van der Waals surface area contributed by atoms with Gasteiger partial charge in [-0.2, -0.15) is 0 Å². The molecule has 1 unspecified atom stereocenters. The molecule has 7 nitrogen and oxygen atoms in total. The van der Waals surface area contributed by atoms with E-state index in [1.807, 2.05) is 0 Å². The molecular formula is C17H13N3O4. The van der Waals surface area contributed by atoms with E-state index in [0.29, 0.717) is 28.3 Å². The lowest BCUT2D eigenvalue weighted by Gasteiger charge is -2.30. The number of carbonyl (C=O) groups excluding carboxylic acids is 3. The van der Waals surface area contributed by atoms with Crippen LogP contribution in [0.2, 0.25) is 0 Å². The Balaban J connectivity index is 1.57. The summed E-state index contributed by atoms with van der Waals surface area (Å²) in [5, 5.41) is 3.95. The molecule has 0 saturated carbocycles. The zero-order valence-electron chi connectivity index (χ0n) is 12.7. The Bertz CT molecular complexity index is 885. The average Bonchev–Trinajstić information content (AvgIpc) is 2.69. The summed E-state index contributed by atoms with van der Waals surface area (Å²) in [7, 11) is 1.50. The van der Waals surface area contributed by atoms with Gasteiger partial charge in [-0.1, -0.05) is 12.1 Å². The minimum Gasteiger partial charge on any atom is -0.495 e. The second kappa shape index (κ2) is 5.09. The monoisotopic (exact) mass is 323 g/mol. The Morgan fingerprint density at radius 1 is 1.08 bits per heavy atom. The fourth-order valence-corrected chi connectivity index (χ4v) is 3.03. The van der Waals surface area contributed by atoms with Crippen LogP contribution in [0.5, 0.6) is 5.75 Å². The van der Waals surface area contributed by atoms with Crippen LogP contribution >= 0.6 is 0 Å². The van der Waals surface area contributed by atoms with Gasteiger partial charge < -0.3 is 10.1 Å². The molecule has 2 N–H and O–H groups in total. The van der Waals surface area contributed by atoms with Crippen LogP contribution in [-0.2, 0) is 0 Å². The molecule has 0 fully saturated rings. The molecule has 1 aliphatic carbocycles. The zero-order valence-corrected chi connectivity index (χ0v) is 12.7. The van der Waals surface area contributed by atoms with Crippen molar-refractivity contribution in [2.45, 2.75) is 6.04 Å². The molecule has 2 aliphatic rings. The molecule has 0 spiro atoms. The predicted octanol–water partition coefficient (Wildman–Crippen LogP) is 2.00. The molecule has 4 rings (SSSR count). The summed E-state index contributed by atoms with van der Waals surface area (Å²) in [5.74, 6) is -0.0844. The number of hydrogen-bond donors (Lipinski definition) is 2. The predicted molar refractivity (Wildman–Crippen MR) is 86.5 cm³/mol. The van der Waals surface area contributed by atoms with Gasteiger partial charge >= 0.3 is 6.03 Å². The number of ether oxygens (including phenoxy) is 1. The maximum Gasteiger partial charge on any atom is 0.338 e. The third kappa shape index (κ3) is 1.95. The van der Waals surface area contributed by atoms with Crippen LogP contribution in [0.25, 0.3) is 0 Å². The highest BCUT2D eigenvalue weighted by atomic mass is 16.5. The molecule has 1 heterocycles. The molecule has 0 saturated heterocycles. The molecule has 3 bridgehead atoms. The van der Waals surface area contributed by atoms with Gasteiger partial charge in [0, 0.05) is 11.1 Å². The number of fused-ring (bicyclic) bond motifs is 2. The van der Waals surface area contributed by atoms with Gasteiger partial charge in [0.25, 0.3) is 0 Å². The Labute approximate surface area is 137 Å². The molecule has 1 atom stereocenters. The van der Waals surface area contributed by atoms with Crippen molar-refractivity contribution in [2.75, 3.05) is 17.4 Å². The first-order valence-electron chi connectivity index (χ1n) is 7.32. The number of nitrogens with one attached hydrogen (secondary N) is 2. The van der Waals surface area contributed by atoms with Gasteiger partial charge in [0.05, 0.1) is 18.5 Å². The van der Waals surface area contributed by atoms with Crippen molar-refractivity contribution < 1.29 is 19.1 Å². The maximum absolute atomic E-state index is 12.3. The Kier molecular flexibility index (Phi) is 3.02. The minimum absolute atomic E-state index is 0.291. The van der Waals surface area contributed by atoms with Crippen LogP contribution < -0.4 is 20.5 Å². The lowest BCUT2D eigenvalue weighted by molar-refractivity contribution is 0.0881. The maximum atomic E-state index is 12.3. The highest BCUT2D eigenvalue weighted by molar-refractivity contribution is 6.32. The van der Waals surface area contributed by atoms with Crippen LogP contribution in [0.15, 0.2) is 42.5 Å². The van der Waals surface area contributed by atoms with Crippen LogP contribution in [0.4, 0.5) is 16.2 Å². The zero-order chi connectivity index (χ0) is 16.8. The smallest absolute Gasteiger partial charge is 0.338 e. The SMILES string of the molecule is COc1ccccc1NC(=O)NN1c2ccc3c(c2)C(=O)C1C3=O. The fourth-order valence-electron chi connectivity index (χ4n) is 3.03. The Hall–Kier alpha value is -3.35. The van der Waals surface area contributed by atoms with E-state index in [4.69, 9.17) is 4.74 Å². The number of carbonyl (C=O) groups is 3. The lowest BCUT2D eigenvalue weighted by Crippen LogP contribution is -2.55. The van der Waals surface area contributed by atoms with Gasteiger partial charge in [0.1, 0.15) is 5.75 Å². The van der Waals surface area contributed by atoms with E-state index in [0.717, 1.165) is 0 Å². The number of nitrogens with zero attached hydrogens (tertiary/aromatic N) is 1. The topological polar surface area (TPSA) is 87.7 Å². The normalized spacial score (nSPS) is 17.2. The van der Waals surface area contributed by atoms with Crippen molar-refractivity contribution in [3.63, 3.8) is 0 Å². The van der Waals surface area contributed by atoms with Gasteiger partial charge in [0.15, 0.2) is 17.6 Å². The Morgan fingerprint density at radius 3 is 2.62 bits per heavy atom. The van der Waals surface area contributed by atoms with Crippen molar-refractivity contribution in [3.05, 3.63) is 53.6 Å². The number of anilines is 2. The summed E-state index contributed by atoms with van der Waals surface area (Å²) in [5.41, 5.74) is 4.48. The van der Waals surface area contributed by atoms with Crippen molar-refractivity contribution in [3.8, 4) is 5.75 Å². The van der Waals surface area contributed by atoms with E-state index in [2.05, 4.69) is 10.7 Å². The third-order valence-corrected chi connectivity index (χ3v) is 4.14. The van der Waals surface area contributed by atoms with Gasteiger partial charge in [-0.3, -0.25) is 14.6 Å². The molecule has 7 heteroatoms. The van der Waals surface area contributed by atoms with Crippen molar-refractivity contribution in [2.24, 2.45) is 0 Å². The van der Waals surface area contributed by atoms with E-state index < -0.39 is 12.1 Å². The summed E-state index contributed by atoms with van der Waals surface area (Å²) < 4.78 is 5.17. The average molecular weight is 323 g/mol. The van der Waals surface area contributed by atoms with Gasteiger partial charge in [-0.05, 0) is 30.3 Å². The number of para-hydroxylation sites is 2. The number of benzene rings is 2. The first-order valence-corrected chi connectivity index (χ1v) is 7.32. The van der Waals surface area contributed by atoms with Crippen LogP contribution in [0.3, 0.4) is 0 Å². The van der Waals surface area contributed by atoms with Crippen LogP contribution in [0, 0.1) is 0 Å². The first kappa shape index (κ1) is 14.3. The number of amides is 2. The standard InChI is InChI=1S/C17H13N3O4/c1-24-13-5-3-2-4-12(13)18-17(23)19-20-9-6-7-10-11(8-9)16(22)14(20)15(10)21/h2-8,14H,1H3,(H2,18,19,23). The number of Topliss-reactive ketones (excluding diaryl/α,β-unsaturated/α-hetero) is 2. The first-order chi connectivity index (χ1) is 11.6. The summed E-state index contributed by atoms with van der Waals surface area (Å²) in [6, 6.07) is 10.3. The summed E-state index contributed by atoms with van der Waals surface area (Å²) in [6.45, 7) is 0. The molecule has 0 radical (unpaired) electrons. The molecule has 0 aromatic heterocycles. The summed E-state index contributed by atoms with van der Waals surface area (Å²) in [6.07, 6.45) is 0. The van der Waals surface area contributed by atoms with Gasteiger partial charge in [-0.25, -0.2) is 10.2 Å². The second-order valence-corrected chi connectivity index (χ2v) is 5.50. The second-order valence-electron chi connectivity index (χ2n) is 5.50. The molecule has 1 aliphatic heterocycles. The highest BCUT2D eigenvalue weighted by Crippen LogP contribution is 2.35. The summed E-state index contributed by atoms with van der Waals surface area (Å²) in [4.78, 5) is 36.9. The number of urea groups is 1. The van der Waals surface area contributed by atoms with E-state index in [1.54, 1.807) is 42.5 Å². The fraction of sp³-hybridized carbons (Fsp3) is 0.118. The quantitative estimate of drug-likeness (QED) is 0.844. The molecule has 24 heavy (non-hydrogen) atoms. The lowest BCUT2D eigenvalue weighted by atomic mass is 10.1. The Morgan fingerprint density at radius 2 is 1.83 bits per heavy atom. The highest BCUT2D eigenvalue weighted by Gasteiger charge is 2.47. The third-order valence-electron chi connectivity index (χ3n) is 4.14. The van der Waals surface area contributed by atoms with Crippen molar-refractivity contribution in [1.29, 1.82) is 0 Å². The van der Waals surface area contributed by atoms with Gasteiger partial charge in [0.2, 0.25) is 0 Å². The van der Waals surface area contributed by atoms with Crippen molar-refractivity contribution >= 4 is 29.0 Å². The van der Waals surface area contributed by atoms with Gasteiger partial charge in [-0.15, -0.1) is 0 Å². The molecule has 2 aromatic carbocycles. The minimum atomic E-state index is -1.02. The number of hydrazine groups is 1. The largest absolute Gasteiger partial charge is 0.495 e. The molecule has 2 amide bonds. The number of rotatable bonds is 3. The van der Waals surface area contributed by atoms with E-state index in [1.165, 1.54) is 12.1 Å². The van der Waals surface area contributed by atoms with Crippen LogP contribution in [0.1, 0.15) is 20.7 Å². The number of ketones is 2. The molecule has 120 valence electrons. The van der Waals surface area contributed by atoms with Crippen LogP contribution in [-0.4, -0.2) is 30.7 Å². The number of methoxy groups -OCH3 is 1. The van der Waals surface area contributed by atoms with E-state index in [9.17, 15) is 14.4 Å². The van der Waals surface area contributed by atoms with E-state index >= 15 is 0 Å².